The summed E-state index contributed by atoms with van der Waals surface area (Å²) in [6.45, 7) is 5.88. The number of aliphatic imine (C=N–C) groups is 1. The molecule has 2 aromatic rings. The third kappa shape index (κ3) is 3.90. The minimum absolute atomic E-state index is 0.0311. The average Bonchev–Trinajstić information content (AvgIpc) is 3.13. The smallest absolute Gasteiger partial charge is 0.283 e. The molecule has 12 heteroatoms. The van der Waals surface area contributed by atoms with Crippen LogP contribution in [0.4, 0.5) is 19.0 Å². The predicted molar refractivity (Wildman–Crippen MR) is 123 cm³/mol. The summed E-state index contributed by atoms with van der Waals surface area (Å²) in [6.07, 6.45) is 2.61. The molecular formula is C22H20ClF3N6O2. The van der Waals surface area contributed by atoms with Gasteiger partial charge in [0.1, 0.15) is 22.8 Å². The number of halogens is 4. The Morgan fingerprint density at radius 1 is 1.44 bits per heavy atom. The third-order valence-electron chi connectivity index (χ3n) is 5.58. The van der Waals surface area contributed by atoms with Crippen molar-refractivity contribution in [1.29, 1.82) is 0 Å². The van der Waals surface area contributed by atoms with E-state index in [-0.39, 0.29) is 28.9 Å². The molecule has 0 radical (unpaired) electrons. The van der Waals surface area contributed by atoms with Gasteiger partial charge in [0.25, 0.3) is 12.3 Å². The first-order chi connectivity index (χ1) is 16.2. The Morgan fingerprint density at radius 3 is 2.74 bits per heavy atom. The fraction of sp³-hybridized carbons (Fsp3) is 0.273. The van der Waals surface area contributed by atoms with E-state index in [1.807, 2.05) is 0 Å². The zero-order valence-electron chi connectivity index (χ0n) is 18.0. The third-order valence-corrected chi connectivity index (χ3v) is 5.87. The first-order valence-electron chi connectivity index (χ1n) is 10.2. The number of alkyl halides is 2. The maximum Gasteiger partial charge on any atom is 0.283 e. The lowest BCUT2D eigenvalue weighted by molar-refractivity contribution is 0.0986. The molecule has 1 saturated heterocycles. The number of nitrogens with two attached hydrogens (primary N) is 1. The first-order valence-corrected chi connectivity index (χ1v) is 10.6. The number of primary amides is 1. The number of aliphatic hydroxyl groups is 1. The molecule has 1 aliphatic heterocycles. The van der Waals surface area contributed by atoms with Gasteiger partial charge >= 0.3 is 0 Å². The summed E-state index contributed by atoms with van der Waals surface area (Å²) in [6, 6.07) is 0. The molecule has 1 aliphatic carbocycles. The van der Waals surface area contributed by atoms with E-state index in [4.69, 9.17) is 17.3 Å². The van der Waals surface area contributed by atoms with Crippen LogP contribution in [0, 0.1) is 12.8 Å². The van der Waals surface area contributed by atoms with Crippen molar-refractivity contribution in [2.45, 2.75) is 13.3 Å². The fourth-order valence-corrected chi connectivity index (χ4v) is 4.09. The molecule has 2 aromatic heterocycles. The summed E-state index contributed by atoms with van der Waals surface area (Å²) in [4.78, 5) is 22.1. The number of aliphatic hydroxyl groups excluding tert-OH is 1. The molecule has 178 valence electrons. The lowest BCUT2D eigenvalue weighted by Crippen LogP contribution is -2.49. The number of carbonyl (C=O) groups excluding carboxylic acids is 1. The van der Waals surface area contributed by atoms with Crippen molar-refractivity contribution in [3.05, 3.63) is 63.9 Å². The van der Waals surface area contributed by atoms with Crippen LogP contribution in [-0.4, -0.2) is 51.0 Å². The Bertz CT molecular complexity index is 1320. The molecule has 8 nitrogen and oxygen atoms in total. The zero-order valence-corrected chi connectivity index (χ0v) is 18.7. The van der Waals surface area contributed by atoms with Crippen LogP contribution in [-0.2, 0) is 0 Å². The number of aromatic nitrogens is 3. The summed E-state index contributed by atoms with van der Waals surface area (Å²) in [5.74, 6) is -1.51. The Morgan fingerprint density at radius 2 is 2.15 bits per heavy atom. The summed E-state index contributed by atoms with van der Waals surface area (Å²) in [5, 5.41) is 13.3. The molecule has 34 heavy (non-hydrogen) atoms. The highest BCUT2D eigenvalue weighted by Gasteiger charge is 2.34. The highest BCUT2D eigenvalue weighted by Crippen LogP contribution is 2.36. The van der Waals surface area contributed by atoms with Gasteiger partial charge in [0.2, 0.25) is 0 Å². The normalized spacial score (nSPS) is 19.1. The minimum atomic E-state index is -3.06. The number of aryl methyl sites for hydroxylation is 1. The molecule has 2 aliphatic rings. The molecule has 4 rings (SSSR count). The van der Waals surface area contributed by atoms with Crippen LogP contribution >= 0.6 is 11.6 Å². The maximum atomic E-state index is 14.7. The highest BCUT2D eigenvalue weighted by molar-refractivity contribution is 6.36. The number of amides is 1. The Hall–Kier alpha value is -3.44. The largest absolute Gasteiger partial charge is 0.396 e. The minimum Gasteiger partial charge on any atom is -0.396 e. The standard InChI is InChI=1S/C22H20ClF3N6O2/c1-3-28-17-12(4-5-14(23)16(17)24)6-13-10(2)29-21-15(20(27)34)18(19(25)26)30-32(21)22(13)31-7-11(8-31)9-33/h3-6,11,19,33H,1,7-9H2,2H3,(H2,27,34)/b12-6+,28-17?. The Balaban J connectivity index is 2.01. The monoisotopic (exact) mass is 492 g/mol. The van der Waals surface area contributed by atoms with Gasteiger partial charge in [-0.15, -0.1) is 0 Å². The molecule has 0 aromatic carbocycles. The number of fused-ring (bicyclic) bond motifs is 1. The van der Waals surface area contributed by atoms with Gasteiger partial charge in [0.15, 0.2) is 11.5 Å². The molecule has 1 fully saturated rings. The van der Waals surface area contributed by atoms with Gasteiger partial charge in [0.05, 0.1) is 10.7 Å². The Labute approximate surface area is 197 Å². The zero-order chi connectivity index (χ0) is 24.7. The van der Waals surface area contributed by atoms with Gasteiger partial charge < -0.3 is 15.7 Å². The van der Waals surface area contributed by atoms with Crippen LogP contribution in [0.25, 0.3) is 11.7 Å². The number of anilines is 1. The SMILES string of the molecule is C=CN=C1C(F)=C(Cl)C=C/C1=C\c1c(C)nc2c(C(N)=O)c(C(F)F)nn2c1N1CC(CO)C1. The number of allylic oxidation sites excluding steroid dienone is 5. The molecule has 0 atom stereocenters. The molecule has 0 unspecified atom stereocenters. The number of nitrogens with zero attached hydrogens (tertiary/aromatic N) is 5. The van der Waals surface area contributed by atoms with E-state index in [0.717, 1.165) is 4.52 Å². The molecule has 3 N–H and O–H groups in total. The predicted octanol–water partition coefficient (Wildman–Crippen LogP) is 3.46. The number of hydrogen-bond donors (Lipinski definition) is 2. The number of rotatable bonds is 6. The van der Waals surface area contributed by atoms with E-state index in [2.05, 4.69) is 21.7 Å². The van der Waals surface area contributed by atoms with Crippen LogP contribution in [0.1, 0.15) is 33.7 Å². The molecule has 0 saturated carbocycles. The molecule has 0 spiro atoms. The van der Waals surface area contributed by atoms with E-state index < -0.39 is 29.4 Å². The van der Waals surface area contributed by atoms with Crippen LogP contribution in [0.15, 0.2) is 46.4 Å². The van der Waals surface area contributed by atoms with Crippen molar-refractivity contribution in [2.75, 3.05) is 24.6 Å². The van der Waals surface area contributed by atoms with E-state index in [9.17, 15) is 23.1 Å². The van der Waals surface area contributed by atoms with Gasteiger partial charge in [-0.25, -0.2) is 18.2 Å². The van der Waals surface area contributed by atoms with E-state index in [0.29, 0.717) is 35.7 Å². The van der Waals surface area contributed by atoms with Crippen molar-refractivity contribution in [3.63, 3.8) is 0 Å². The van der Waals surface area contributed by atoms with Gasteiger partial charge in [-0.2, -0.15) is 9.61 Å². The van der Waals surface area contributed by atoms with Gasteiger partial charge in [-0.3, -0.25) is 9.79 Å². The van der Waals surface area contributed by atoms with Crippen molar-refractivity contribution in [2.24, 2.45) is 16.6 Å². The van der Waals surface area contributed by atoms with Crippen LogP contribution in [0.2, 0.25) is 0 Å². The molecule has 1 amide bonds. The molecular weight excluding hydrogens is 473 g/mol. The highest BCUT2D eigenvalue weighted by atomic mass is 35.5. The van der Waals surface area contributed by atoms with E-state index in [1.54, 1.807) is 24.0 Å². The number of carbonyl (C=O) groups is 1. The topological polar surface area (TPSA) is 109 Å². The molecule has 0 bridgehead atoms. The second-order valence-electron chi connectivity index (χ2n) is 7.80. The lowest BCUT2D eigenvalue weighted by Gasteiger charge is -2.40. The first kappa shape index (κ1) is 23.7. The summed E-state index contributed by atoms with van der Waals surface area (Å²) < 4.78 is 43.2. The quantitative estimate of drug-likeness (QED) is 0.642. The number of hydrogen-bond acceptors (Lipinski definition) is 6. The van der Waals surface area contributed by atoms with Crippen molar-refractivity contribution >= 4 is 40.8 Å². The van der Waals surface area contributed by atoms with Crippen molar-refractivity contribution in [1.82, 2.24) is 14.6 Å². The van der Waals surface area contributed by atoms with Gasteiger partial charge in [-0.05, 0) is 19.1 Å². The average molecular weight is 493 g/mol. The second-order valence-corrected chi connectivity index (χ2v) is 8.21. The summed E-state index contributed by atoms with van der Waals surface area (Å²) >= 11 is 5.90. The Kier molecular flexibility index (Phi) is 6.32. The van der Waals surface area contributed by atoms with Crippen LogP contribution in [0.3, 0.4) is 0 Å². The van der Waals surface area contributed by atoms with E-state index >= 15 is 0 Å². The summed E-state index contributed by atoms with van der Waals surface area (Å²) in [5.41, 5.74) is 5.09. The van der Waals surface area contributed by atoms with Gasteiger partial charge in [-0.1, -0.05) is 24.3 Å². The summed E-state index contributed by atoms with van der Waals surface area (Å²) in [7, 11) is 0. The second kappa shape index (κ2) is 9.07. The lowest BCUT2D eigenvalue weighted by atomic mass is 9.97. The fourth-order valence-electron chi connectivity index (χ4n) is 3.94. The van der Waals surface area contributed by atoms with Crippen molar-refractivity contribution in [3.8, 4) is 0 Å². The van der Waals surface area contributed by atoms with Crippen LogP contribution < -0.4 is 10.6 Å². The van der Waals surface area contributed by atoms with Crippen molar-refractivity contribution < 1.29 is 23.1 Å². The van der Waals surface area contributed by atoms with Gasteiger partial charge in [0, 0.05) is 43.0 Å². The van der Waals surface area contributed by atoms with Crippen LogP contribution in [0.5, 0.6) is 0 Å². The van der Waals surface area contributed by atoms with E-state index in [1.165, 1.54) is 12.3 Å². The molecule has 3 heterocycles. The maximum absolute atomic E-state index is 14.7.